The van der Waals surface area contributed by atoms with Gasteiger partial charge in [-0.3, -0.25) is 0 Å². The van der Waals surface area contributed by atoms with Crippen molar-refractivity contribution in [1.29, 1.82) is 0 Å². The van der Waals surface area contributed by atoms with Crippen LogP contribution in [-0.4, -0.2) is 12.6 Å². The van der Waals surface area contributed by atoms with Gasteiger partial charge in [0.1, 0.15) is 5.76 Å². The van der Waals surface area contributed by atoms with Gasteiger partial charge in [-0.2, -0.15) is 0 Å². The van der Waals surface area contributed by atoms with E-state index in [0.717, 1.165) is 11.5 Å². The van der Waals surface area contributed by atoms with Crippen molar-refractivity contribution in [1.82, 2.24) is 0 Å². The third-order valence-electron chi connectivity index (χ3n) is 1.75. The van der Waals surface area contributed by atoms with E-state index in [1.807, 2.05) is 32.9 Å². The lowest BCUT2D eigenvalue weighted by Crippen LogP contribution is -2.17. The number of hydrogen-bond acceptors (Lipinski definition) is 4. The zero-order valence-corrected chi connectivity index (χ0v) is 11.3. The predicted molar refractivity (Wildman–Crippen MR) is 69.6 cm³/mol. The molecule has 0 aliphatic carbocycles. The van der Waals surface area contributed by atoms with Gasteiger partial charge in [-0.1, -0.05) is 20.8 Å². The van der Waals surface area contributed by atoms with Crippen LogP contribution < -0.4 is 0 Å². The number of esters is 1. The largest absolute Gasteiger partial charge is 0.468 e. The molecule has 0 amide bonds. The topological polar surface area (TPSA) is 39.4 Å². The van der Waals surface area contributed by atoms with Gasteiger partial charge in [-0.05, 0) is 23.0 Å². The minimum absolute atomic E-state index is 0.00477. The molecule has 17 heavy (non-hydrogen) atoms. The second-order valence-electron chi connectivity index (χ2n) is 4.86. The fourth-order valence-electron chi connectivity index (χ4n) is 0.964. The van der Waals surface area contributed by atoms with Crippen molar-refractivity contribution in [3.8, 4) is 0 Å². The summed E-state index contributed by atoms with van der Waals surface area (Å²) in [6.45, 7) is 6.50. The molecule has 0 spiro atoms. The molecule has 1 aromatic heterocycles. The van der Waals surface area contributed by atoms with Crippen LogP contribution in [0.3, 0.4) is 0 Å². The van der Waals surface area contributed by atoms with Crippen molar-refractivity contribution in [2.45, 2.75) is 26.5 Å². The molecule has 94 valence electrons. The highest BCUT2D eigenvalue weighted by atomic mass is 32.2. The molecule has 0 bridgehead atoms. The van der Waals surface area contributed by atoms with Crippen LogP contribution in [0, 0.1) is 5.41 Å². The number of rotatable bonds is 5. The summed E-state index contributed by atoms with van der Waals surface area (Å²) in [5, 5.41) is 1.73. The van der Waals surface area contributed by atoms with Crippen molar-refractivity contribution in [3.05, 3.63) is 35.6 Å². The molecular formula is C13H18O3S. The number of furan rings is 1. The number of hydrogen-bond donors (Lipinski definition) is 0. The molecule has 1 heterocycles. The van der Waals surface area contributed by atoms with Crippen LogP contribution in [0.25, 0.3) is 0 Å². The molecule has 0 fully saturated rings. The smallest absolute Gasteiger partial charge is 0.331 e. The minimum atomic E-state index is -0.299. The maximum Gasteiger partial charge on any atom is 0.331 e. The van der Waals surface area contributed by atoms with Gasteiger partial charge in [0.15, 0.2) is 0 Å². The highest BCUT2D eigenvalue weighted by molar-refractivity contribution is 8.01. The zero-order chi connectivity index (χ0) is 12.7. The van der Waals surface area contributed by atoms with E-state index < -0.39 is 0 Å². The summed E-state index contributed by atoms with van der Waals surface area (Å²) in [7, 11) is 0. The summed E-state index contributed by atoms with van der Waals surface area (Å²) in [6.07, 6.45) is 3.08. The van der Waals surface area contributed by atoms with Crippen molar-refractivity contribution >= 4 is 17.7 Å². The van der Waals surface area contributed by atoms with Crippen molar-refractivity contribution in [2.75, 3.05) is 6.61 Å². The summed E-state index contributed by atoms with van der Waals surface area (Å²) in [5.74, 6) is 1.31. The first-order valence-electron chi connectivity index (χ1n) is 5.45. The van der Waals surface area contributed by atoms with Gasteiger partial charge in [0, 0.05) is 6.08 Å². The monoisotopic (exact) mass is 254 g/mol. The Morgan fingerprint density at radius 1 is 1.53 bits per heavy atom. The minimum Gasteiger partial charge on any atom is -0.468 e. The van der Waals surface area contributed by atoms with Crippen molar-refractivity contribution in [2.24, 2.45) is 5.41 Å². The van der Waals surface area contributed by atoms with E-state index in [2.05, 4.69) is 0 Å². The molecule has 1 rings (SSSR count). The van der Waals surface area contributed by atoms with Crippen LogP contribution >= 0.6 is 11.8 Å². The van der Waals surface area contributed by atoms with E-state index in [0.29, 0.717) is 6.61 Å². The first-order chi connectivity index (χ1) is 7.97. The van der Waals surface area contributed by atoms with E-state index in [9.17, 15) is 4.79 Å². The van der Waals surface area contributed by atoms with Gasteiger partial charge in [0.05, 0.1) is 18.6 Å². The highest BCUT2D eigenvalue weighted by Gasteiger charge is 2.12. The molecule has 0 saturated carbocycles. The summed E-state index contributed by atoms with van der Waals surface area (Å²) in [5.41, 5.74) is 0.00477. The van der Waals surface area contributed by atoms with E-state index in [1.165, 1.54) is 17.8 Å². The van der Waals surface area contributed by atoms with Gasteiger partial charge < -0.3 is 9.15 Å². The first kappa shape index (κ1) is 13.9. The Labute approximate surface area is 106 Å². The summed E-state index contributed by atoms with van der Waals surface area (Å²) in [4.78, 5) is 11.3. The highest BCUT2D eigenvalue weighted by Crippen LogP contribution is 2.15. The van der Waals surface area contributed by atoms with E-state index in [4.69, 9.17) is 9.15 Å². The standard InChI is InChI=1S/C13H18O3S/c1-13(2,3)10-16-12(14)6-8-17-9-11-5-4-7-15-11/h4-8H,9-10H2,1-3H3/b8-6+. The van der Waals surface area contributed by atoms with Gasteiger partial charge in [-0.25, -0.2) is 4.79 Å². The maximum atomic E-state index is 11.3. The summed E-state index contributed by atoms with van der Waals surface area (Å²) in [6, 6.07) is 3.75. The molecule has 3 nitrogen and oxygen atoms in total. The number of carbonyl (C=O) groups excluding carboxylic acids is 1. The van der Waals surface area contributed by atoms with Crippen molar-refractivity contribution in [3.63, 3.8) is 0 Å². The molecule has 0 saturated heterocycles. The lowest BCUT2D eigenvalue weighted by molar-refractivity contribution is -0.140. The maximum absolute atomic E-state index is 11.3. The molecule has 0 unspecified atom stereocenters. The van der Waals surface area contributed by atoms with Gasteiger partial charge in [-0.15, -0.1) is 11.8 Å². The molecule has 0 radical (unpaired) electrons. The zero-order valence-electron chi connectivity index (χ0n) is 10.4. The molecule has 0 aromatic carbocycles. The fourth-order valence-corrected chi connectivity index (χ4v) is 1.60. The second kappa shape index (κ2) is 6.55. The van der Waals surface area contributed by atoms with Crippen LogP contribution in [0.4, 0.5) is 0 Å². The Morgan fingerprint density at radius 2 is 2.29 bits per heavy atom. The molecule has 0 aliphatic heterocycles. The Morgan fingerprint density at radius 3 is 2.88 bits per heavy atom. The number of ether oxygens (including phenoxy) is 1. The van der Waals surface area contributed by atoms with Crippen LogP contribution in [0.15, 0.2) is 34.3 Å². The molecule has 1 aromatic rings. The predicted octanol–water partition coefficient (Wildman–Crippen LogP) is 3.62. The van der Waals surface area contributed by atoms with Crippen molar-refractivity contribution < 1.29 is 13.9 Å². The molecule has 4 heteroatoms. The Kier molecular flexibility index (Phi) is 5.35. The van der Waals surface area contributed by atoms with E-state index in [1.54, 1.807) is 11.7 Å². The van der Waals surface area contributed by atoms with E-state index >= 15 is 0 Å². The average Bonchev–Trinajstić information content (AvgIpc) is 2.73. The quantitative estimate of drug-likeness (QED) is 0.594. The third kappa shape index (κ3) is 6.89. The molecule has 0 aliphatic rings. The Bertz CT molecular complexity index is 361. The number of thioether (sulfide) groups is 1. The lowest BCUT2D eigenvalue weighted by Gasteiger charge is -2.16. The van der Waals surface area contributed by atoms with Crippen LogP contribution in [0.5, 0.6) is 0 Å². The Hall–Kier alpha value is -1.16. The van der Waals surface area contributed by atoms with Gasteiger partial charge in [0.2, 0.25) is 0 Å². The lowest BCUT2D eigenvalue weighted by atomic mass is 9.99. The Balaban J connectivity index is 2.18. The second-order valence-corrected chi connectivity index (χ2v) is 5.76. The number of carbonyl (C=O) groups is 1. The third-order valence-corrected chi connectivity index (χ3v) is 2.53. The van der Waals surface area contributed by atoms with Crippen LogP contribution in [0.1, 0.15) is 26.5 Å². The summed E-state index contributed by atoms with van der Waals surface area (Å²) < 4.78 is 10.2. The van der Waals surface area contributed by atoms with Crippen LogP contribution in [0.2, 0.25) is 0 Å². The molecule has 0 atom stereocenters. The first-order valence-corrected chi connectivity index (χ1v) is 6.49. The normalized spacial score (nSPS) is 11.9. The van der Waals surface area contributed by atoms with Gasteiger partial charge in [0.25, 0.3) is 0 Å². The molecule has 0 N–H and O–H groups in total. The molecular weight excluding hydrogens is 236 g/mol. The average molecular weight is 254 g/mol. The van der Waals surface area contributed by atoms with Crippen LogP contribution in [-0.2, 0) is 15.3 Å². The fraction of sp³-hybridized carbons (Fsp3) is 0.462. The van der Waals surface area contributed by atoms with Gasteiger partial charge >= 0.3 is 5.97 Å². The SMILES string of the molecule is CC(C)(C)COC(=O)/C=C/SCc1ccco1. The van der Waals surface area contributed by atoms with E-state index in [-0.39, 0.29) is 11.4 Å². The summed E-state index contributed by atoms with van der Waals surface area (Å²) >= 11 is 1.50.